The minimum absolute atomic E-state index is 0. The summed E-state index contributed by atoms with van der Waals surface area (Å²) in [6, 6.07) is 7.29. The summed E-state index contributed by atoms with van der Waals surface area (Å²) < 4.78 is 25.5. The van der Waals surface area contributed by atoms with Crippen LogP contribution in [0, 0.1) is 0 Å². The van der Waals surface area contributed by atoms with Crippen LogP contribution in [0.15, 0.2) is 29.3 Å². The number of hydrogen-bond acceptors (Lipinski definition) is 4. The number of guanidine groups is 1. The molecule has 1 aromatic rings. The van der Waals surface area contributed by atoms with Crippen LogP contribution in [0.25, 0.3) is 0 Å². The van der Waals surface area contributed by atoms with Gasteiger partial charge in [-0.15, -0.1) is 24.0 Å². The van der Waals surface area contributed by atoms with Gasteiger partial charge in [0.1, 0.15) is 0 Å². The first-order chi connectivity index (χ1) is 10.7. The highest BCUT2D eigenvalue weighted by atomic mass is 127. The van der Waals surface area contributed by atoms with E-state index in [1.807, 2.05) is 12.1 Å². The van der Waals surface area contributed by atoms with Gasteiger partial charge in [0.2, 0.25) is 10.0 Å². The number of thioether (sulfide) groups is 1. The lowest BCUT2D eigenvalue weighted by Crippen LogP contribution is -2.43. The molecule has 0 aliphatic carbocycles. The molecule has 0 aromatic heterocycles. The maximum atomic E-state index is 11.4. The fourth-order valence-corrected chi connectivity index (χ4v) is 2.56. The molecule has 0 saturated heterocycles. The van der Waals surface area contributed by atoms with Crippen molar-refractivity contribution in [1.82, 2.24) is 10.6 Å². The smallest absolute Gasteiger partial charge is 0.229 e. The Morgan fingerprint density at radius 3 is 2.42 bits per heavy atom. The molecule has 138 valence electrons. The highest BCUT2D eigenvalue weighted by Gasteiger charge is 2.16. The fraction of sp³-hybridized carbons (Fsp3) is 0.533. The number of nitrogens with zero attached hydrogens (tertiary/aromatic N) is 1. The number of aliphatic imine (C=N–C) groups is 1. The normalized spacial score (nSPS) is 12.3. The Bertz CT molecular complexity index is 649. The minimum Gasteiger partial charge on any atom is -0.355 e. The molecule has 0 aliphatic rings. The number of sulfonamides is 1. The molecule has 0 fully saturated rings. The number of nitrogens with one attached hydrogen (secondary N) is 3. The van der Waals surface area contributed by atoms with E-state index in [0.717, 1.165) is 18.4 Å². The monoisotopic (exact) mass is 486 g/mol. The zero-order valence-corrected chi connectivity index (χ0v) is 18.7. The van der Waals surface area contributed by atoms with Crippen molar-refractivity contribution in [1.29, 1.82) is 0 Å². The standard InChI is InChI=1S/C15H26N4O2S2.HI/c1-15(2,22-4)11-18-14(16-3)17-10-12-8-6-7-9-13(12)19-23(5,20)21;/h6-9,19H,10-11H2,1-5H3,(H2,16,17,18);1H. The van der Waals surface area contributed by atoms with Gasteiger partial charge in [-0.05, 0) is 31.7 Å². The van der Waals surface area contributed by atoms with Gasteiger partial charge >= 0.3 is 0 Å². The molecule has 0 aliphatic heterocycles. The quantitative estimate of drug-likeness (QED) is 0.314. The lowest BCUT2D eigenvalue weighted by atomic mass is 10.2. The van der Waals surface area contributed by atoms with Gasteiger partial charge in [-0.3, -0.25) is 9.71 Å². The van der Waals surface area contributed by atoms with Gasteiger partial charge < -0.3 is 10.6 Å². The van der Waals surface area contributed by atoms with Crippen LogP contribution in [0.3, 0.4) is 0 Å². The predicted molar refractivity (Wildman–Crippen MR) is 116 cm³/mol. The van der Waals surface area contributed by atoms with Crippen LogP contribution in [-0.4, -0.2) is 45.2 Å². The number of para-hydroxylation sites is 1. The Kier molecular flexibility index (Phi) is 10.0. The Morgan fingerprint density at radius 1 is 1.25 bits per heavy atom. The number of rotatable bonds is 7. The third-order valence-corrected chi connectivity index (χ3v) is 5.06. The van der Waals surface area contributed by atoms with Crippen LogP contribution in [0.5, 0.6) is 0 Å². The predicted octanol–water partition coefficient (Wildman–Crippen LogP) is 2.48. The molecule has 0 radical (unpaired) electrons. The first kappa shape index (κ1) is 23.3. The van der Waals surface area contributed by atoms with Gasteiger partial charge in [0.25, 0.3) is 0 Å². The van der Waals surface area contributed by atoms with E-state index in [9.17, 15) is 8.42 Å². The van der Waals surface area contributed by atoms with Crippen molar-refractivity contribution in [3.05, 3.63) is 29.8 Å². The van der Waals surface area contributed by atoms with Crippen LogP contribution >= 0.6 is 35.7 Å². The van der Waals surface area contributed by atoms with Gasteiger partial charge in [-0.1, -0.05) is 18.2 Å². The highest BCUT2D eigenvalue weighted by molar-refractivity contribution is 14.0. The van der Waals surface area contributed by atoms with Gasteiger partial charge in [-0.2, -0.15) is 11.8 Å². The summed E-state index contributed by atoms with van der Waals surface area (Å²) in [5.41, 5.74) is 1.42. The van der Waals surface area contributed by atoms with E-state index < -0.39 is 10.0 Å². The summed E-state index contributed by atoms with van der Waals surface area (Å²) in [6.07, 6.45) is 3.22. The molecule has 0 spiro atoms. The molecule has 0 amide bonds. The Morgan fingerprint density at radius 2 is 1.88 bits per heavy atom. The van der Waals surface area contributed by atoms with Crippen LogP contribution in [-0.2, 0) is 16.6 Å². The van der Waals surface area contributed by atoms with Crippen LogP contribution < -0.4 is 15.4 Å². The molecule has 9 heteroatoms. The molecule has 6 nitrogen and oxygen atoms in total. The van der Waals surface area contributed by atoms with Crippen LogP contribution in [0.1, 0.15) is 19.4 Å². The number of halogens is 1. The van der Waals surface area contributed by atoms with Crippen LogP contribution in [0.2, 0.25) is 0 Å². The van der Waals surface area contributed by atoms with E-state index in [-0.39, 0.29) is 28.7 Å². The van der Waals surface area contributed by atoms with Crippen molar-refractivity contribution in [2.24, 2.45) is 4.99 Å². The molecule has 0 saturated carbocycles. The van der Waals surface area contributed by atoms with Crippen molar-refractivity contribution in [2.75, 3.05) is 30.8 Å². The van der Waals surface area contributed by atoms with E-state index in [2.05, 4.69) is 40.5 Å². The highest BCUT2D eigenvalue weighted by Crippen LogP contribution is 2.19. The second kappa shape index (κ2) is 10.3. The van der Waals surface area contributed by atoms with E-state index in [0.29, 0.717) is 18.2 Å². The molecule has 0 bridgehead atoms. The third kappa shape index (κ3) is 8.97. The molecule has 0 atom stereocenters. The lowest BCUT2D eigenvalue weighted by Gasteiger charge is -2.24. The molecule has 0 heterocycles. The second-order valence-corrected chi connectivity index (χ2v) is 9.04. The summed E-state index contributed by atoms with van der Waals surface area (Å²) in [5, 5.41) is 6.48. The van der Waals surface area contributed by atoms with Crippen molar-refractivity contribution >= 4 is 57.4 Å². The van der Waals surface area contributed by atoms with Crippen molar-refractivity contribution in [2.45, 2.75) is 25.1 Å². The van der Waals surface area contributed by atoms with Crippen molar-refractivity contribution in [3.63, 3.8) is 0 Å². The molecular formula is C15H27IN4O2S2. The first-order valence-corrected chi connectivity index (χ1v) is 10.3. The Labute approximate surface area is 166 Å². The zero-order chi connectivity index (χ0) is 17.5. The van der Waals surface area contributed by atoms with E-state index >= 15 is 0 Å². The maximum Gasteiger partial charge on any atom is 0.229 e. The topological polar surface area (TPSA) is 82.6 Å². The maximum absolute atomic E-state index is 11.4. The molecule has 24 heavy (non-hydrogen) atoms. The molecule has 3 N–H and O–H groups in total. The number of anilines is 1. The number of hydrogen-bond donors (Lipinski definition) is 3. The second-order valence-electron chi connectivity index (χ2n) is 5.77. The summed E-state index contributed by atoms with van der Waals surface area (Å²) in [4.78, 5) is 4.19. The summed E-state index contributed by atoms with van der Waals surface area (Å²) in [6.45, 7) is 5.56. The lowest BCUT2D eigenvalue weighted by molar-refractivity contribution is 0.606. The third-order valence-electron chi connectivity index (χ3n) is 3.22. The van der Waals surface area contributed by atoms with Gasteiger partial charge in [0.05, 0.1) is 11.9 Å². The average molecular weight is 486 g/mol. The summed E-state index contributed by atoms with van der Waals surface area (Å²) in [5.74, 6) is 0.682. The Hall–Kier alpha value is -0.680. The Balaban J connectivity index is 0.00000529. The molecule has 0 unspecified atom stereocenters. The minimum atomic E-state index is -3.30. The molecule has 1 aromatic carbocycles. The fourth-order valence-electron chi connectivity index (χ4n) is 1.74. The molecular weight excluding hydrogens is 459 g/mol. The van der Waals surface area contributed by atoms with Gasteiger partial charge in [0.15, 0.2) is 5.96 Å². The average Bonchev–Trinajstić information content (AvgIpc) is 2.47. The van der Waals surface area contributed by atoms with Crippen molar-refractivity contribution in [3.8, 4) is 0 Å². The van der Waals surface area contributed by atoms with E-state index in [1.165, 1.54) is 0 Å². The first-order valence-electron chi connectivity index (χ1n) is 7.22. The zero-order valence-electron chi connectivity index (χ0n) is 14.7. The number of benzene rings is 1. The van der Waals surface area contributed by atoms with Gasteiger partial charge in [0, 0.05) is 24.9 Å². The van der Waals surface area contributed by atoms with Crippen LogP contribution in [0.4, 0.5) is 5.69 Å². The largest absolute Gasteiger partial charge is 0.355 e. The summed E-state index contributed by atoms with van der Waals surface area (Å²) >= 11 is 1.78. The van der Waals surface area contributed by atoms with Crippen molar-refractivity contribution < 1.29 is 8.42 Å². The van der Waals surface area contributed by atoms with Gasteiger partial charge in [-0.25, -0.2) is 8.42 Å². The summed E-state index contributed by atoms with van der Waals surface area (Å²) in [7, 11) is -1.59. The van der Waals surface area contributed by atoms with E-state index in [4.69, 9.17) is 0 Å². The molecule has 1 rings (SSSR count). The van der Waals surface area contributed by atoms with E-state index in [1.54, 1.807) is 30.9 Å². The SMILES string of the molecule is CN=C(NCc1ccccc1NS(C)(=O)=O)NCC(C)(C)SC.I.